The lowest BCUT2D eigenvalue weighted by atomic mass is 10.1. The average Bonchev–Trinajstić information content (AvgIpc) is 3.29. The van der Waals surface area contributed by atoms with Crippen LogP contribution in [0.2, 0.25) is 0 Å². The molecule has 0 aliphatic rings. The molecule has 7 nitrogen and oxygen atoms in total. The smallest absolute Gasteiger partial charge is 0.253 e. The zero-order valence-corrected chi connectivity index (χ0v) is 18.1. The van der Waals surface area contributed by atoms with Crippen LogP contribution in [-0.4, -0.2) is 32.9 Å². The van der Waals surface area contributed by atoms with Crippen LogP contribution in [0.1, 0.15) is 31.1 Å². The molecule has 9 heteroatoms. The quantitative estimate of drug-likeness (QED) is 0.563. The molecule has 0 saturated carbocycles. The van der Waals surface area contributed by atoms with Crippen LogP contribution in [0.15, 0.2) is 46.6 Å². The van der Waals surface area contributed by atoms with E-state index in [-0.39, 0.29) is 23.9 Å². The van der Waals surface area contributed by atoms with E-state index in [0.717, 1.165) is 0 Å². The monoisotopic (exact) mass is 461 g/mol. The summed E-state index contributed by atoms with van der Waals surface area (Å²) in [4.78, 5) is 33.1. The number of amides is 2. The van der Waals surface area contributed by atoms with Crippen LogP contribution < -0.4 is 10.6 Å². The van der Waals surface area contributed by atoms with Gasteiger partial charge < -0.3 is 15.2 Å². The molecule has 3 aromatic heterocycles. The van der Waals surface area contributed by atoms with Gasteiger partial charge in [-0.2, -0.15) is 0 Å². The molecule has 0 aliphatic carbocycles. The lowest BCUT2D eigenvalue weighted by molar-refractivity contribution is -0.115. The molecule has 0 bridgehead atoms. The summed E-state index contributed by atoms with van der Waals surface area (Å²) in [5.74, 6) is -0.636. The van der Waals surface area contributed by atoms with Gasteiger partial charge in [-0.1, -0.05) is 6.07 Å². The summed E-state index contributed by atoms with van der Waals surface area (Å²) in [7, 11) is 0. The highest BCUT2D eigenvalue weighted by molar-refractivity contribution is 9.10. The van der Waals surface area contributed by atoms with Gasteiger partial charge in [-0.25, -0.2) is 9.97 Å². The number of hydrogen-bond donors (Lipinski definition) is 2. The molecule has 2 N–H and O–H groups in total. The number of aromatic nitrogens is 3. The second kappa shape index (κ2) is 8.24. The van der Waals surface area contributed by atoms with Crippen LogP contribution in [0, 0.1) is 0 Å². The Kier molecular flexibility index (Phi) is 5.95. The van der Waals surface area contributed by atoms with E-state index in [1.54, 1.807) is 12.3 Å². The number of carbonyl (C=O) groups is 2. The van der Waals surface area contributed by atoms with Crippen molar-refractivity contribution in [3.05, 3.63) is 52.2 Å². The van der Waals surface area contributed by atoms with E-state index in [0.29, 0.717) is 26.7 Å². The van der Waals surface area contributed by atoms with Gasteiger partial charge in [0.25, 0.3) is 5.91 Å². The van der Waals surface area contributed by atoms with Gasteiger partial charge in [0.2, 0.25) is 5.91 Å². The molecule has 0 spiro atoms. The molecular formula is C19H20BrN5O2S. The fourth-order valence-electron chi connectivity index (χ4n) is 2.37. The topological polar surface area (TPSA) is 88.9 Å². The molecule has 3 heterocycles. The number of carbonyl (C=O) groups excluding carboxylic acids is 2. The predicted molar refractivity (Wildman–Crippen MR) is 113 cm³/mol. The number of anilines is 1. The van der Waals surface area contributed by atoms with Crippen molar-refractivity contribution in [2.24, 2.45) is 0 Å². The van der Waals surface area contributed by atoms with Crippen molar-refractivity contribution in [3.63, 3.8) is 0 Å². The first-order valence-corrected chi connectivity index (χ1v) is 10.2. The van der Waals surface area contributed by atoms with Crippen LogP contribution in [0.4, 0.5) is 5.13 Å². The third-order valence-corrected chi connectivity index (χ3v) is 5.07. The maximum atomic E-state index is 12.2. The van der Waals surface area contributed by atoms with Gasteiger partial charge in [-0.3, -0.25) is 9.59 Å². The molecule has 0 aliphatic heterocycles. The molecule has 2 amide bonds. The maximum absolute atomic E-state index is 12.2. The Balaban J connectivity index is 1.55. The summed E-state index contributed by atoms with van der Waals surface area (Å²) in [6.07, 6.45) is 3.62. The summed E-state index contributed by atoms with van der Waals surface area (Å²) in [6, 6.07) is 7.27. The number of rotatable bonds is 5. The molecule has 0 saturated heterocycles. The summed E-state index contributed by atoms with van der Waals surface area (Å²) in [5.41, 5.74) is 1.79. The fraction of sp³-hybridized carbons (Fsp3) is 0.263. The molecule has 3 rings (SSSR count). The molecule has 0 radical (unpaired) electrons. The molecular weight excluding hydrogens is 442 g/mol. The Morgan fingerprint density at radius 1 is 1.18 bits per heavy atom. The first-order chi connectivity index (χ1) is 13.2. The van der Waals surface area contributed by atoms with E-state index in [9.17, 15) is 9.59 Å². The van der Waals surface area contributed by atoms with E-state index in [4.69, 9.17) is 0 Å². The molecule has 0 unspecified atom stereocenters. The number of hydrogen-bond acceptors (Lipinski definition) is 5. The van der Waals surface area contributed by atoms with Gasteiger partial charge in [0.05, 0.1) is 17.8 Å². The third-order valence-electron chi connectivity index (χ3n) is 3.87. The zero-order chi connectivity index (χ0) is 20.3. The summed E-state index contributed by atoms with van der Waals surface area (Å²) < 4.78 is 2.67. The maximum Gasteiger partial charge on any atom is 0.253 e. The normalized spacial score (nSPS) is 11.3. The minimum atomic E-state index is -0.341. The van der Waals surface area contributed by atoms with E-state index < -0.39 is 0 Å². The first-order valence-electron chi connectivity index (χ1n) is 8.57. The highest BCUT2D eigenvalue weighted by atomic mass is 79.9. The summed E-state index contributed by atoms with van der Waals surface area (Å²) in [6.45, 7) is 6.01. The van der Waals surface area contributed by atoms with Gasteiger partial charge in [0.15, 0.2) is 5.13 Å². The minimum Gasteiger partial charge on any atom is -0.348 e. The summed E-state index contributed by atoms with van der Waals surface area (Å²) >= 11 is 4.63. The Labute approximate surface area is 175 Å². The van der Waals surface area contributed by atoms with Crippen molar-refractivity contribution < 1.29 is 9.59 Å². The van der Waals surface area contributed by atoms with Gasteiger partial charge in [-0.05, 0) is 54.9 Å². The standard InChI is InChI=1S/C19H20BrN5O2S/c1-19(2,3)25-8-7-12(10-25)17(27)21-9-16(26)24-18-23-14(11-28-18)13-5-4-6-15(20)22-13/h4-8,10-11H,9H2,1-3H3,(H,21,27)(H,23,24,26). The van der Waals surface area contributed by atoms with Crippen molar-refractivity contribution in [2.75, 3.05) is 11.9 Å². The molecule has 146 valence electrons. The molecule has 0 atom stereocenters. The van der Waals surface area contributed by atoms with Gasteiger partial charge in [0, 0.05) is 23.3 Å². The highest BCUT2D eigenvalue weighted by Crippen LogP contribution is 2.24. The van der Waals surface area contributed by atoms with Crippen molar-refractivity contribution in [2.45, 2.75) is 26.3 Å². The number of thiazole rings is 1. The number of nitrogens with one attached hydrogen (secondary N) is 2. The van der Waals surface area contributed by atoms with E-state index in [1.165, 1.54) is 11.3 Å². The predicted octanol–water partition coefficient (Wildman–Crippen LogP) is 3.89. The van der Waals surface area contributed by atoms with Crippen molar-refractivity contribution in [1.29, 1.82) is 0 Å². The second-order valence-electron chi connectivity index (χ2n) is 7.09. The van der Waals surface area contributed by atoms with Crippen LogP contribution in [0.25, 0.3) is 11.4 Å². The van der Waals surface area contributed by atoms with Crippen LogP contribution in [0.5, 0.6) is 0 Å². The second-order valence-corrected chi connectivity index (χ2v) is 8.76. The van der Waals surface area contributed by atoms with E-state index >= 15 is 0 Å². The summed E-state index contributed by atoms with van der Waals surface area (Å²) in [5, 5.41) is 7.59. The fourth-order valence-corrected chi connectivity index (χ4v) is 3.44. The minimum absolute atomic E-state index is 0.109. The van der Waals surface area contributed by atoms with Gasteiger partial charge in [-0.15, -0.1) is 11.3 Å². The lowest BCUT2D eigenvalue weighted by Gasteiger charge is -2.20. The number of pyridine rings is 1. The molecule has 0 aromatic carbocycles. The molecule has 28 heavy (non-hydrogen) atoms. The molecule has 0 fully saturated rings. The number of nitrogens with zero attached hydrogens (tertiary/aromatic N) is 3. The van der Waals surface area contributed by atoms with Crippen molar-refractivity contribution in [1.82, 2.24) is 19.9 Å². The third kappa shape index (κ3) is 5.05. The Bertz CT molecular complexity index is 1010. The SMILES string of the molecule is CC(C)(C)n1ccc(C(=O)NCC(=O)Nc2nc(-c3cccc(Br)n3)cs2)c1. The number of halogens is 1. The van der Waals surface area contributed by atoms with Gasteiger partial charge >= 0.3 is 0 Å². The molecule has 3 aromatic rings. The Hall–Kier alpha value is -2.52. The van der Waals surface area contributed by atoms with Crippen molar-refractivity contribution in [3.8, 4) is 11.4 Å². The average molecular weight is 462 g/mol. The van der Waals surface area contributed by atoms with E-state index in [2.05, 4.69) is 36.5 Å². The van der Waals surface area contributed by atoms with Gasteiger partial charge in [0.1, 0.15) is 10.3 Å². The van der Waals surface area contributed by atoms with Crippen molar-refractivity contribution >= 4 is 44.2 Å². The largest absolute Gasteiger partial charge is 0.348 e. The zero-order valence-electron chi connectivity index (χ0n) is 15.7. The Morgan fingerprint density at radius 3 is 2.64 bits per heavy atom. The van der Waals surface area contributed by atoms with Crippen LogP contribution in [0.3, 0.4) is 0 Å². The van der Waals surface area contributed by atoms with Crippen LogP contribution >= 0.6 is 27.3 Å². The first kappa shape index (κ1) is 20.2. The highest BCUT2D eigenvalue weighted by Gasteiger charge is 2.16. The Morgan fingerprint density at radius 2 is 1.96 bits per heavy atom. The van der Waals surface area contributed by atoms with E-state index in [1.807, 2.05) is 55.1 Å². The van der Waals surface area contributed by atoms with Crippen LogP contribution in [-0.2, 0) is 10.3 Å². The lowest BCUT2D eigenvalue weighted by Crippen LogP contribution is -2.32.